The third-order valence-electron chi connectivity index (χ3n) is 2.15. The molecular weight excluding hydrogens is 230 g/mol. The van der Waals surface area contributed by atoms with E-state index in [9.17, 15) is 13.2 Å². The van der Waals surface area contributed by atoms with E-state index in [-0.39, 0.29) is 17.7 Å². The van der Waals surface area contributed by atoms with E-state index in [1.165, 1.54) is 6.92 Å². The van der Waals surface area contributed by atoms with E-state index < -0.39 is 21.9 Å². The average molecular weight is 251 g/mol. The van der Waals surface area contributed by atoms with Crippen LogP contribution in [0.4, 0.5) is 0 Å². The summed E-state index contributed by atoms with van der Waals surface area (Å²) >= 11 is 0. The van der Waals surface area contributed by atoms with Gasteiger partial charge in [0.2, 0.25) is 10.0 Å². The maximum Gasteiger partial charge on any atom is 0.307 e. The largest absolute Gasteiger partial charge is 0.481 e. The molecule has 0 amide bonds. The monoisotopic (exact) mass is 251 g/mol. The van der Waals surface area contributed by atoms with Gasteiger partial charge in [-0.2, -0.15) is 0 Å². The Bertz CT molecular complexity index is 329. The second-order valence-corrected chi connectivity index (χ2v) is 7.14. The summed E-state index contributed by atoms with van der Waals surface area (Å²) in [6.45, 7) is 7.30. The first-order valence-corrected chi connectivity index (χ1v) is 6.89. The second-order valence-electron chi connectivity index (χ2n) is 5.22. The van der Waals surface area contributed by atoms with Crippen LogP contribution in [0.3, 0.4) is 0 Å². The van der Waals surface area contributed by atoms with Gasteiger partial charge in [0.15, 0.2) is 0 Å². The SMILES string of the molecule is CC(CNS(=O)(=O)CCC(C)(C)C)C(=O)O. The third kappa shape index (κ3) is 7.64. The van der Waals surface area contributed by atoms with Gasteiger partial charge in [-0.1, -0.05) is 27.7 Å². The first-order chi connectivity index (χ1) is 7.03. The highest BCUT2D eigenvalue weighted by Crippen LogP contribution is 2.18. The Hall–Kier alpha value is -0.620. The Labute approximate surface area is 97.3 Å². The lowest BCUT2D eigenvalue weighted by Gasteiger charge is -2.18. The Morgan fingerprint density at radius 3 is 2.25 bits per heavy atom. The van der Waals surface area contributed by atoms with Crippen LogP contribution in [0.25, 0.3) is 0 Å². The molecule has 0 radical (unpaired) electrons. The molecule has 16 heavy (non-hydrogen) atoms. The number of hydrogen-bond acceptors (Lipinski definition) is 3. The van der Waals surface area contributed by atoms with Crippen molar-refractivity contribution >= 4 is 16.0 Å². The zero-order chi connectivity index (χ0) is 13.0. The number of aliphatic carboxylic acids is 1. The molecule has 0 bridgehead atoms. The number of carboxylic acid groups (broad SMARTS) is 1. The molecule has 0 saturated carbocycles. The number of hydrogen-bond donors (Lipinski definition) is 2. The molecule has 1 atom stereocenters. The summed E-state index contributed by atoms with van der Waals surface area (Å²) < 4.78 is 25.3. The molecule has 6 heteroatoms. The number of carboxylic acids is 1. The van der Waals surface area contributed by atoms with Crippen molar-refractivity contribution in [2.45, 2.75) is 34.1 Å². The first kappa shape index (κ1) is 15.4. The van der Waals surface area contributed by atoms with Crippen LogP contribution in [0.1, 0.15) is 34.1 Å². The minimum absolute atomic E-state index is 0.0306. The summed E-state index contributed by atoms with van der Waals surface area (Å²) in [7, 11) is -3.36. The Morgan fingerprint density at radius 2 is 1.88 bits per heavy atom. The van der Waals surface area contributed by atoms with Gasteiger partial charge in [0.1, 0.15) is 0 Å². The van der Waals surface area contributed by atoms with Gasteiger partial charge < -0.3 is 5.11 Å². The number of rotatable bonds is 6. The van der Waals surface area contributed by atoms with Gasteiger partial charge >= 0.3 is 5.97 Å². The van der Waals surface area contributed by atoms with Crippen molar-refractivity contribution in [2.24, 2.45) is 11.3 Å². The number of nitrogens with one attached hydrogen (secondary N) is 1. The van der Waals surface area contributed by atoms with Gasteiger partial charge in [-0.15, -0.1) is 0 Å². The quantitative estimate of drug-likeness (QED) is 0.739. The summed E-state index contributed by atoms with van der Waals surface area (Å²) in [6, 6.07) is 0. The highest BCUT2D eigenvalue weighted by Gasteiger charge is 2.19. The Balaban J connectivity index is 4.12. The lowest BCUT2D eigenvalue weighted by Crippen LogP contribution is -2.34. The fraction of sp³-hybridized carbons (Fsp3) is 0.900. The summed E-state index contributed by atoms with van der Waals surface area (Å²) in [5, 5.41) is 8.60. The average Bonchev–Trinajstić information content (AvgIpc) is 2.10. The Kier molecular flexibility index (Phi) is 5.41. The molecule has 0 heterocycles. The minimum Gasteiger partial charge on any atom is -0.481 e. The summed E-state index contributed by atoms with van der Waals surface area (Å²) in [6.07, 6.45) is 0.545. The van der Waals surface area contributed by atoms with E-state index in [4.69, 9.17) is 5.11 Å². The van der Waals surface area contributed by atoms with Gasteiger partial charge in [-0.05, 0) is 11.8 Å². The summed E-state index contributed by atoms with van der Waals surface area (Å²) in [5.74, 6) is -1.68. The Morgan fingerprint density at radius 1 is 1.38 bits per heavy atom. The zero-order valence-corrected chi connectivity index (χ0v) is 11.1. The smallest absolute Gasteiger partial charge is 0.307 e. The molecule has 0 fully saturated rings. The van der Waals surface area contributed by atoms with E-state index in [0.717, 1.165) is 0 Å². The predicted molar refractivity (Wildman–Crippen MR) is 62.7 cm³/mol. The molecule has 0 aliphatic heterocycles. The molecule has 0 spiro atoms. The van der Waals surface area contributed by atoms with E-state index in [2.05, 4.69) is 4.72 Å². The molecule has 1 unspecified atom stereocenters. The maximum absolute atomic E-state index is 11.5. The fourth-order valence-corrected chi connectivity index (χ4v) is 2.38. The van der Waals surface area contributed by atoms with Crippen molar-refractivity contribution in [1.82, 2.24) is 4.72 Å². The molecular formula is C10H21NO4S. The second kappa shape index (κ2) is 5.63. The predicted octanol–water partition coefficient (Wildman–Crippen LogP) is 1.06. The molecule has 0 rings (SSSR count). The van der Waals surface area contributed by atoms with Gasteiger partial charge in [0.25, 0.3) is 0 Å². The summed E-state index contributed by atoms with van der Waals surface area (Å²) in [4.78, 5) is 10.5. The summed E-state index contributed by atoms with van der Waals surface area (Å²) in [5.41, 5.74) is -0.0484. The number of carbonyl (C=O) groups is 1. The topological polar surface area (TPSA) is 83.5 Å². The molecule has 0 aromatic carbocycles. The van der Waals surface area contributed by atoms with Crippen LogP contribution in [0.2, 0.25) is 0 Å². The van der Waals surface area contributed by atoms with E-state index >= 15 is 0 Å². The molecule has 0 aromatic heterocycles. The standard InChI is InChI=1S/C10H21NO4S/c1-8(9(12)13)7-11-16(14,15)6-5-10(2,3)4/h8,11H,5-7H2,1-4H3,(H,12,13). The third-order valence-corrected chi connectivity index (χ3v) is 3.50. The van der Waals surface area contributed by atoms with Crippen molar-refractivity contribution in [2.75, 3.05) is 12.3 Å². The highest BCUT2D eigenvalue weighted by atomic mass is 32.2. The van der Waals surface area contributed by atoms with Crippen LogP contribution in [0.15, 0.2) is 0 Å². The molecule has 0 aliphatic carbocycles. The van der Waals surface area contributed by atoms with Gasteiger partial charge in [0.05, 0.1) is 11.7 Å². The molecule has 0 aromatic rings. The van der Waals surface area contributed by atoms with E-state index in [0.29, 0.717) is 6.42 Å². The van der Waals surface area contributed by atoms with Gasteiger partial charge in [-0.3, -0.25) is 4.79 Å². The van der Waals surface area contributed by atoms with Gasteiger partial charge in [0, 0.05) is 6.54 Å². The number of sulfonamides is 1. The fourth-order valence-electron chi connectivity index (χ4n) is 0.852. The highest BCUT2D eigenvalue weighted by molar-refractivity contribution is 7.89. The van der Waals surface area contributed by atoms with Crippen molar-refractivity contribution < 1.29 is 18.3 Å². The van der Waals surface area contributed by atoms with Crippen LogP contribution in [-0.2, 0) is 14.8 Å². The van der Waals surface area contributed by atoms with Crippen LogP contribution in [0.5, 0.6) is 0 Å². The van der Waals surface area contributed by atoms with Crippen LogP contribution >= 0.6 is 0 Å². The van der Waals surface area contributed by atoms with Crippen LogP contribution < -0.4 is 4.72 Å². The minimum atomic E-state index is -3.36. The molecule has 96 valence electrons. The molecule has 0 saturated heterocycles. The normalized spacial score (nSPS) is 14.8. The lowest BCUT2D eigenvalue weighted by molar-refractivity contribution is -0.140. The van der Waals surface area contributed by atoms with Crippen LogP contribution in [-0.4, -0.2) is 31.8 Å². The van der Waals surface area contributed by atoms with Crippen molar-refractivity contribution in [3.63, 3.8) is 0 Å². The molecule has 2 N–H and O–H groups in total. The lowest BCUT2D eigenvalue weighted by atomic mass is 9.94. The molecule has 0 aliphatic rings. The molecule has 5 nitrogen and oxygen atoms in total. The maximum atomic E-state index is 11.5. The van der Waals surface area contributed by atoms with Crippen molar-refractivity contribution in [1.29, 1.82) is 0 Å². The first-order valence-electron chi connectivity index (χ1n) is 5.24. The van der Waals surface area contributed by atoms with E-state index in [1.807, 2.05) is 20.8 Å². The van der Waals surface area contributed by atoms with E-state index in [1.54, 1.807) is 0 Å². The van der Waals surface area contributed by atoms with Crippen molar-refractivity contribution in [3.8, 4) is 0 Å². The zero-order valence-electron chi connectivity index (χ0n) is 10.3. The van der Waals surface area contributed by atoms with Crippen molar-refractivity contribution in [3.05, 3.63) is 0 Å². The van der Waals surface area contributed by atoms with Gasteiger partial charge in [-0.25, -0.2) is 13.1 Å². The van der Waals surface area contributed by atoms with Crippen LogP contribution in [0, 0.1) is 11.3 Å².